The monoisotopic (exact) mass is 431 g/mol. The third-order valence-electron chi connectivity index (χ3n) is 8.63. The van der Waals surface area contributed by atoms with Crippen LogP contribution in [0.15, 0.2) is 30.5 Å². The van der Waals surface area contributed by atoms with Gasteiger partial charge in [-0.2, -0.15) is 5.26 Å². The number of nitriles is 1. The third-order valence-corrected chi connectivity index (χ3v) is 8.63. The summed E-state index contributed by atoms with van der Waals surface area (Å²) >= 11 is 0. The van der Waals surface area contributed by atoms with Gasteiger partial charge in [0.1, 0.15) is 6.07 Å². The molecular formula is C27H37N5. The molecule has 5 heteroatoms. The van der Waals surface area contributed by atoms with Gasteiger partial charge in [0.05, 0.1) is 11.1 Å². The number of benzene rings is 1. The first kappa shape index (κ1) is 21.7. The minimum absolute atomic E-state index is 0.620. The van der Waals surface area contributed by atoms with E-state index in [2.05, 4.69) is 52.2 Å². The smallest absolute Gasteiger partial charge is 0.101 e. The van der Waals surface area contributed by atoms with Crippen molar-refractivity contribution >= 4 is 16.6 Å². The van der Waals surface area contributed by atoms with Crippen LogP contribution in [0.5, 0.6) is 0 Å². The molecule has 0 amide bonds. The summed E-state index contributed by atoms with van der Waals surface area (Å²) in [5, 5.41) is 14.2. The Morgan fingerprint density at radius 3 is 2.62 bits per heavy atom. The van der Waals surface area contributed by atoms with Crippen LogP contribution in [0.1, 0.15) is 45.1 Å². The fourth-order valence-electron chi connectivity index (χ4n) is 6.56. The summed E-state index contributed by atoms with van der Waals surface area (Å²) in [5.41, 5.74) is 3.36. The van der Waals surface area contributed by atoms with Crippen molar-refractivity contribution in [3.63, 3.8) is 0 Å². The summed E-state index contributed by atoms with van der Waals surface area (Å²) < 4.78 is 0. The van der Waals surface area contributed by atoms with Gasteiger partial charge in [0.15, 0.2) is 0 Å². The highest BCUT2D eigenvalue weighted by Crippen LogP contribution is 2.41. The standard InChI is InChI=1S/C27H37N5/c1-20(2)24-19-32(25-6-5-21(16-28)26-23(25)4-3-11-30-26)18-22(24)17-31-14-9-27(10-15-31)7-12-29-13-8-27/h3-6,11,20,22,24,29H,7-10,12-15,17-19H2,1-2H3/t22-,24+/m1/s1. The van der Waals surface area contributed by atoms with Gasteiger partial charge in [-0.15, -0.1) is 0 Å². The average molecular weight is 432 g/mol. The van der Waals surface area contributed by atoms with Gasteiger partial charge in [-0.3, -0.25) is 4.98 Å². The molecule has 0 saturated carbocycles. The van der Waals surface area contributed by atoms with Gasteiger partial charge in [0.2, 0.25) is 0 Å². The number of aromatic nitrogens is 1. The van der Waals surface area contributed by atoms with Gasteiger partial charge in [-0.25, -0.2) is 0 Å². The maximum absolute atomic E-state index is 9.51. The number of likely N-dealkylation sites (tertiary alicyclic amines) is 1. The first-order valence-electron chi connectivity index (χ1n) is 12.5. The van der Waals surface area contributed by atoms with Crippen LogP contribution in [0, 0.1) is 34.5 Å². The first-order chi connectivity index (χ1) is 15.6. The zero-order valence-corrected chi connectivity index (χ0v) is 19.7. The molecule has 5 nitrogen and oxygen atoms in total. The molecule has 4 heterocycles. The Hall–Kier alpha value is -2.16. The van der Waals surface area contributed by atoms with E-state index in [-0.39, 0.29) is 0 Å². The van der Waals surface area contributed by atoms with Crippen molar-refractivity contribution in [3.8, 4) is 6.07 Å². The maximum atomic E-state index is 9.51. The van der Waals surface area contributed by atoms with Crippen molar-refractivity contribution in [3.05, 3.63) is 36.0 Å². The van der Waals surface area contributed by atoms with E-state index in [1.807, 2.05) is 12.1 Å². The fraction of sp³-hybridized carbons (Fsp3) is 0.630. The van der Waals surface area contributed by atoms with E-state index in [0.717, 1.165) is 24.0 Å². The average Bonchev–Trinajstić information content (AvgIpc) is 3.24. The highest BCUT2D eigenvalue weighted by atomic mass is 15.2. The Morgan fingerprint density at radius 2 is 1.91 bits per heavy atom. The van der Waals surface area contributed by atoms with Crippen LogP contribution in [0.25, 0.3) is 10.9 Å². The molecule has 1 N–H and O–H groups in total. The van der Waals surface area contributed by atoms with Gasteiger partial charge in [0, 0.05) is 36.9 Å². The molecule has 0 aliphatic carbocycles. The number of pyridine rings is 1. The second kappa shape index (κ2) is 9.00. The predicted octanol–water partition coefficient (Wildman–Crippen LogP) is 4.28. The molecule has 32 heavy (non-hydrogen) atoms. The minimum atomic E-state index is 0.620. The molecule has 0 bridgehead atoms. The molecule has 0 unspecified atom stereocenters. The number of rotatable bonds is 4. The van der Waals surface area contributed by atoms with E-state index in [4.69, 9.17) is 0 Å². The lowest BCUT2D eigenvalue weighted by atomic mass is 9.71. The number of piperidine rings is 2. The minimum Gasteiger partial charge on any atom is -0.370 e. The van der Waals surface area contributed by atoms with E-state index < -0.39 is 0 Å². The molecule has 3 aliphatic heterocycles. The van der Waals surface area contributed by atoms with Crippen molar-refractivity contribution < 1.29 is 0 Å². The molecule has 1 spiro atoms. The van der Waals surface area contributed by atoms with Crippen LogP contribution in [0.3, 0.4) is 0 Å². The molecule has 3 saturated heterocycles. The lowest BCUT2D eigenvalue weighted by Gasteiger charge is -2.45. The first-order valence-corrected chi connectivity index (χ1v) is 12.5. The summed E-state index contributed by atoms with van der Waals surface area (Å²) in [5.74, 6) is 2.07. The van der Waals surface area contributed by atoms with E-state index >= 15 is 0 Å². The highest BCUT2D eigenvalue weighted by Gasteiger charge is 2.39. The summed E-state index contributed by atoms with van der Waals surface area (Å²) in [6, 6.07) is 10.5. The maximum Gasteiger partial charge on any atom is 0.101 e. The Balaban J connectivity index is 1.31. The van der Waals surface area contributed by atoms with Gasteiger partial charge >= 0.3 is 0 Å². The number of hydrogen-bond donors (Lipinski definition) is 1. The van der Waals surface area contributed by atoms with Crippen molar-refractivity contribution in [2.75, 3.05) is 50.7 Å². The van der Waals surface area contributed by atoms with E-state index in [1.165, 1.54) is 64.1 Å². The number of hydrogen-bond acceptors (Lipinski definition) is 5. The normalized spacial score (nSPS) is 26.1. The summed E-state index contributed by atoms with van der Waals surface area (Å²) in [6.45, 7) is 13.2. The van der Waals surface area contributed by atoms with Crippen LogP contribution in [0.4, 0.5) is 5.69 Å². The Bertz CT molecular complexity index is 977. The zero-order chi connectivity index (χ0) is 22.1. The highest BCUT2D eigenvalue weighted by molar-refractivity contribution is 5.95. The van der Waals surface area contributed by atoms with Gasteiger partial charge in [0.25, 0.3) is 0 Å². The lowest BCUT2D eigenvalue weighted by Crippen LogP contribution is -2.47. The SMILES string of the molecule is CC(C)[C@@H]1CN(c2ccc(C#N)c3ncccc23)C[C@H]1CN1CCC2(CCNCC2)CC1. The molecule has 2 atom stereocenters. The zero-order valence-electron chi connectivity index (χ0n) is 19.7. The third kappa shape index (κ3) is 4.11. The number of nitrogens with zero attached hydrogens (tertiary/aromatic N) is 4. The molecule has 3 fully saturated rings. The quantitative estimate of drug-likeness (QED) is 0.783. The summed E-state index contributed by atoms with van der Waals surface area (Å²) in [4.78, 5) is 9.86. The van der Waals surface area contributed by atoms with Crippen LogP contribution in [-0.4, -0.2) is 55.7 Å². The molecule has 2 aromatic rings. The van der Waals surface area contributed by atoms with E-state index in [0.29, 0.717) is 28.7 Å². The Morgan fingerprint density at radius 1 is 1.12 bits per heavy atom. The molecule has 1 aromatic heterocycles. The number of nitrogens with one attached hydrogen (secondary N) is 1. The second-order valence-corrected chi connectivity index (χ2v) is 10.8. The van der Waals surface area contributed by atoms with Gasteiger partial charge in [-0.05, 0) is 99.3 Å². The van der Waals surface area contributed by atoms with Crippen LogP contribution in [-0.2, 0) is 0 Å². The molecule has 1 aromatic carbocycles. The van der Waals surface area contributed by atoms with Crippen LogP contribution >= 0.6 is 0 Å². The topological polar surface area (TPSA) is 55.2 Å². The molecule has 0 radical (unpaired) electrons. The van der Waals surface area contributed by atoms with Crippen molar-refractivity contribution in [2.45, 2.75) is 39.5 Å². The lowest BCUT2D eigenvalue weighted by molar-refractivity contribution is 0.0608. The van der Waals surface area contributed by atoms with Crippen LogP contribution < -0.4 is 10.2 Å². The Kier molecular flexibility index (Phi) is 6.09. The van der Waals surface area contributed by atoms with Gasteiger partial charge < -0.3 is 15.1 Å². The number of fused-ring (bicyclic) bond motifs is 1. The van der Waals surface area contributed by atoms with E-state index in [9.17, 15) is 5.26 Å². The predicted molar refractivity (Wildman–Crippen MR) is 131 cm³/mol. The Labute approximate surface area is 192 Å². The van der Waals surface area contributed by atoms with Gasteiger partial charge in [-0.1, -0.05) is 13.8 Å². The van der Waals surface area contributed by atoms with Crippen LogP contribution in [0.2, 0.25) is 0 Å². The molecule has 5 rings (SSSR count). The summed E-state index contributed by atoms with van der Waals surface area (Å²) in [6.07, 6.45) is 7.29. The molecule has 3 aliphatic rings. The summed E-state index contributed by atoms with van der Waals surface area (Å²) in [7, 11) is 0. The molecular weight excluding hydrogens is 394 g/mol. The molecule has 170 valence electrons. The largest absolute Gasteiger partial charge is 0.370 e. The second-order valence-electron chi connectivity index (χ2n) is 10.8. The van der Waals surface area contributed by atoms with Crippen molar-refractivity contribution in [1.82, 2.24) is 15.2 Å². The van der Waals surface area contributed by atoms with Crippen molar-refractivity contribution in [1.29, 1.82) is 5.26 Å². The van der Waals surface area contributed by atoms with E-state index in [1.54, 1.807) is 6.20 Å². The van der Waals surface area contributed by atoms with Crippen molar-refractivity contribution in [2.24, 2.45) is 23.2 Å². The fourth-order valence-corrected chi connectivity index (χ4v) is 6.56. The number of anilines is 1.